The van der Waals surface area contributed by atoms with E-state index in [9.17, 15) is 4.79 Å². The van der Waals surface area contributed by atoms with Crippen molar-refractivity contribution < 1.29 is 4.79 Å². The third-order valence-electron chi connectivity index (χ3n) is 1.92. The summed E-state index contributed by atoms with van der Waals surface area (Å²) < 4.78 is 0. The van der Waals surface area contributed by atoms with Crippen molar-refractivity contribution in [3.8, 4) is 0 Å². The highest BCUT2D eigenvalue weighted by atomic mass is 32.2. The standard InChI is InChI=1S/C13H15NOS/c1-3-4-5-10-13(15)14-11-8-6-7-9-12(11)16-2/h3-10H,1-2H3,(H,14,15). The second-order valence-electron chi connectivity index (χ2n) is 3.07. The SMILES string of the molecule is CC=CC=CC(=O)Nc1ccccc1SC. The normalized spacial score (nSPS) is 11.1. The lowest BCUT2D eigenvalue weighted by atomic mass is 10.3. The van der Waals surface area contributed by atoms with E-state index in [-0.39, 0.29) is 5.91 Å². The zero-order valence-corrected chi connectivity index (χ0v) is 10.3. The van der Waals surface area contributed by atoms with Crippen molar-refractivity contribution >= 4 is 23.4 Å². The Balaban J connectivity index is 2.69. The van der Waals surface area contributed by atoms with Crippen LogP contribution >= 0.6 is 11.8 Å². The molecule has 0 radical (unpaired) electrons. The van der Waals surface area contributed by atoms with Crippen molar-refractivity contribution in [1.29, 1.82) is 0 Å². The van der Waals surface area contributed by atoms with Crippen LogP contribution in [0.15, 0.2) is 53.5 Å². The van der Waals surface area contributed by atoms with Crippen LogP contribution in [-0.2, 0) is 4.79 Å². The molecule has 0 bridgehead atoms. The Labute approximate surface area is 100 Å². The summed E-state index contributed by atoms with van der Waals surface area (Å²) in [6, 6.07) is 7.74. The van der Waals surface area contributed by atoms with Crippen molar-refractivity contribution in [3.63, 3.8) is 0 Å². The number of rotatable bonds is 4. The number of carbonyl (C=O) groups excluding carboxylic acids is 1. The fourth-order valence-corrected chi connectivity index (χ4v) is 1.73. The molecule has 0 aliphatic heterocycles. The predicted octanol–water partition coefficient (Wildman–Crippen LogP) is 3.48. The number of benzene rings is 1. The fourth-order valence-electron chi connectivity index (χ4n) is 1.18. The van der Waals surface area contributed by atoms with Gasteiger partial charge in [0.2, 0.25) is 5.91 Å². The van der Waals surface area contributed by atoms with Crippen LogP contribution in [0, 0.1) is 0 Å². The molecule has 0 spiro atoms. The highest BCUT2D eigenvalue weighted by Crippen LogP contribution is 2.24. The molecule has 0 saturated heterocycles. The Bertz CT molecular complexity index is 410. The van der Waals surface area contributed by atoms with Gasteiger partial charge in [0, 0.05) is 11.0 Å². The van der Waals surface area contributed by atoms with Gasteiger partial charge in [0.15, 0.2) is 0 Å². The van der Waals surface area contributed by atoms with Crippen molar-refractivity contribution in [2.24, 2.45) is 0 Å². The third-order valence-corrected chi connectivity index (χ3v) is 2.71. The van der Waals surface area contributed by atoms with Crippen LogP contribution in [0.4, 0.5) is 5.69 Å². The molecule has 84 valence electrons. The van der Waals surface area contributed by atoms with E-state index in [0.717, 1.165) is 10.6 Å². The van der Waals surface area contributed by atoms with Crippen LogP contribution in [0.3, 0.4) is 0 Å². The van der Waals surface area contributed by atoms with Gasteiger partial charge in [0.25, 0.3) is 0 Å². The van der Waals surface area contributed by atoms with Crippen molar-refractivity contribution in [2.45, 2.75) is 11.8 Å². The van der Waals surface area contributed by atoms with Gasteiger partial charge in [-0.25, -0.2) is 0 Å². The molecule has 0 aromatic heterocycles. The smallest absolute Gasteiger partial charge is 0.248 e. The summed E-state index contributed by atoms with van der Waals surface area (Å²) in [5.41, 5.74) is 0.852. The van der Waals surface area contributed by atoms with Gasteiger partial charge in [-0.3, -0.25) is 4.79 Å². The van der Waals surface area contributed by atoms with E-state index in [4.69, 9.17) is 0 Å². The Kier molecular flexibility index (Phi) is 5.43. The minimum absolute atomic E-state index is 0.111. The van der Waals surface area contributed by atoms with Crippen molar-refractivity contribution in [2.75, 3.05) is 11.6 Å². The first-order valence-electron chi connectivity index (χ1n) is 5.01. The zero-order valence-electron chi connectivity index (χ0n) is 9.44. The maximum Gasteiger partial charge on any atom is 0.248 e. The van der Waals surface area contributed by atoms with Gasteiger partial charge in [0.05, 0.1) is 5.69 Å². The molecule has 3 heteroatoms. The van der Waals surface area contributed by atoms with Gasteiger partial charge in [-0.2, -0.15) is 0 Å². The van der Waals surface area contributed by atoms with E-state index in [1.54, 1.807) is 17.8 Å². The molecule has 1 amide bonds. The van der Waals surface area contributed by atoms with Crippen LogP contribution in [-0.4, -0.2) is 12.2 Å². The summed E-state index contributed by atoms with van der Waals surface area (Å²) in [5.74, 6) is -0.111. The number of para-hydroxylation sites is 1. The second kappa shape index (κ2) is 6.90. The maximum absolute atomic E-state index is 11.5. The van der Waals surface area contributed by atoms with Crippen molar-refractivity contribution in [1.82, 2.24) is 0 Å². The molecule has 16 heavy (non-hydrogen) atoms. The molecular weight excluding hydrogens is 218 g/mol. The Morgan fingerprint density at radius 2 is 2.06 bits per heavy atom. The lowest BCUT2D eigenvalue weighted by Crippen LogP contribution is -2.08. The average Bonchev–Trinajstić information content (AvgIpc) is 2.30. The summed E-state index contributed by atoms with van der Waals surface area (Å²) in [5, 5.41) is 2.84. The van der Waals surface area contributed by atoms with Gasteiger partial charge < -0.3 is 5.32 Å². The molecule has 0 fully saturated rings. The summed E-state index contributed by atoms with van der Waals surface area (Å²) in [7, 11) is 0. The number of hydrogen-bond donors (Lipinski definition) is 1. The number of allylic oxidation sites excluding steroid dienone is 3. The van der Waals surface area contributed by atoms with E-state index in [2.05, 4.69) is 5.32 Å². The number of nitrogens with one attached hydrogen (secondary N) is 1. The second-order valence-corrected chi connectivity index (χ2v) is 3.92. The average molecular weight is 233 g/mol. The number of carbonyl (C=O) groups is 1. The van der Waals surface area contributed by atoms with Crippen LogP contribution < -0.4 is 5.32 Å². The van der Waals surface area contributed by atoms with Gasteiger partial charge in [-0.15, -0.1) is 11.8 Å². The van der Waals surface area contributed by atoms with E-state index >= 15 is 0 Å². The molecule has 1 N–H and O–H groups in total. The molecule has 0 aliphatic carbocycles. The Morgan fingerprint density at radius 3 is 2.75 bits per heavy atom. The third kappa shape index (κ3) is 3.95. The van der Waals surface area contributed by atoms with Gasteiger partial charge in [-0.1, -0.05) is 30.4 Å². The first kappa shape index (κ1) is 12.6. The Morgan fingerprint density at radius 1 is 1.31 bits per heavy atom. The molecule has 0 unspecified atom stereocenters. The first-order valence-corrected chi connectivity index (χ1v) is 6.23. The lowest BCUT2D eigenvalue weighted by Gasteiger charge is -2.06. The summed E-state index contributed by atoms with van der Waals surface area (Å²) >= 11 is 1.61. The van der Waals surface area contributed by atoms with Crippen LogP contribution in [0.2, 0.25) is 0 Å². The lowest BCUT2D eigenvalue weighted by molar-refractivity contribution is -0.111. The quantitative estimate of drug-likeness (QED) is 0.490. The maximum atomic E-state index is 11.5. The molecule has 2 nitrogen and oxygen atoms in total. The summed E-state index contributed by atoms with van der Waals surface area (Å²) in [6.45, 7) is 1.91. The van der Waals surface area contributed by atoms with E-state index in [1.165, 1.54) is 6.08 Å². The number of amides is 1. The zero-order chi connectivity index (χ0) is 11.8. The topological polar surface area (TPSA) is 29.1 Å². The molecule has 1 rings (SSSR count). The van der Waals surface area contributed by atoms with Gasteiger partial charge in [-0.05, 0) is 25.3 Å². The monoisotopic (exact) mass is 233 g/mol. The molecular formula is C13H15NOS. The first-order chi connectivity index (χ1) is 7.77. The van der Waals surface area contributed by atoms with Crippen LogP contribution in [0.1, 0.15) is 6.92 Å². The van der Waals surface area contributed by atoms with Crippen molar-refractivity contribution in [3.05, 3.63) is 48.6 Å². The predicted molar refractivity (Wildman–Crippen MR) is 70.8 cm³/mol. The van der Waals surface area contributed by atoms with Crippen LogP contribution in [0.5, 0.6) is 0 Å². The van der Waals surface area contributed by atoms with Gasteiger partial charge in [0.1, 0.15) is 0 Å². The van der Waals surface area contributed by atoms with E-state index < -0.39 is 0 Å². The minimum atomic E-state index is -0.111. The molecule has 0 saturated carbocycles. The van der Waals surface area contributed by atoms with E-state index in [0.29, 0.717) is 0 Å². The van der Waals surface area contributed by atoms with Gasteiger partial charge >= 0.3 is 0 Å². The molecule has 0 atom stereocenters. The minimum Gasteiger partial charge on any atom is -0.321 e. The Hall–Kier alpha value is -1.48. The van der Waals surface area contributed by atoms with E-state index in [1.807, 2.05) is 49.6 Å². The number of anilines is 1. The molecule has 1 aromatic carbocycles. The van der Waals surface area contributed by atoms with Crippen LogP contribution in [0.25, 0.3) is 0 Å². The molecule has 0 aliphatic rings. The number of thioether (sulfide) groups is 1. The number of hydrogen-bond acceptors (Lipinski definition) is 2. The fraction of sp³-hybridized carbons (Fsp3) is 0.154. The largest absolute Gasteiger partial charge is 0.321 e. The highest BCUT2D eigenvalue weighted by Gasteiger charge is 2.01. The highest BCUT2D eigenvalue weighted by molar-refractivity contribution is 7.98. The summed E-state index contributed by atoms with van der Waals surface area (Å²) in [4.78, 5) is 12.6. The molecule has 0 heterocycles. The summed E-state index contributed by atoms with van der Waals surface area (Å²) in [6.07, 6.45) is 8.91. The molecule has 1 aromatic rings.